The maximum Gasteiger partial charge on any atom is 0.123 e. The monoisotopic (exact) mass is 250 g/mol. The Morgan fingerprint density at radius 1 is 1.35 bits per heavy atom. The summed E-state index contributed by atoms with van der Waals surface area (Å²) in [6, 6.07) is 6.53. The summed E-state index contributed by atoms with van der Waals surface area (Å²) in [7, 11) is 0. The molecular weight excluding hydrogens is 235 g/mol. The highest BCUT2D eigenvalue weighted by atomic mass is 32.2. The molecule has 4 heteroatoms. The van der Waals surface area contributed by atoms with Crippen molar-refractivity contribution in [3.05, 3.63) is 35.1 Å². The Morgan fingerprint density at radius 2 is 2.24 bits per heavy atom. The van der Waals surface area contributed by atoms with Crippen molar-refractivity contribution in [1.29, 1.82) is 5.26 Å². The van der Waals surface area contributed by atoms with Gasteiger partial charge in [0.1, 0.15) is 5.82 Å². The van der Waals surface area contributed by atoms with Crippen molar-refractivity contribution in [3.63, 3.8) is 0 Å². The summed E-state index contributed by atoms with van der Waals surface area (Å²) in [4.78, 5) is 2.30. The largest absolute Gasteiger partial charge is 0.298 e. The Hall–Kier alpha value is -1.05. The van der Waals surface area contributed by atoms with Crippen LogP contribution in [-0.2, 0) is 6.54 Å². The topological polar surface area (TPSA) is 27.0 Å². The third-order valence-corrected chi connectivity index (χ3v) is 3.95. The van der Waals surface area contributed by atoms with Gasteiger partial charge in [0.15, 0.2) is 0 Å². The lowest BCUT2D eigenvalue weighted by atomic mass is 10.1. The lowest BCUT2D eigenvalue weighted by Gasteiger charge is -2.20. The van der Waals surface area contributed by atoms with Crippen LogP contribution < -0.4 is 0 Å². The van der Waals surface area contributed by atoms with Gasteiger partial charge in [-0.25, -0.2) is 4.39 Å². The van der Waals surface area contributed by atoms with Crippen LogP contribution in [0, 0.1) is 17.1 Å². The minimum atomic E-state index is -0.261. The molecular formula is C13H15FN2S. The number of hydrogen-bond donors (Lipinski definition) is 0. The smallest absolute Gasteiger partial charge is 0.123 e. The summed E-state index contributed by atoms with van der Waals surface area (Å²) in [6.07, 6.45) is 1.17. The molecule has 2 rings (SSSR count). The van der Waals surface area contributed by atoms with E-state index in [1.807, 2.05) is 11.8 Å². The number of hydrogen-bond acceptors (Lipinski definition) is 3. The number of nitrogens with zero attached hydrogens (tertiary/aromatic N) is 2. The highest BCUT2D eigenvalue weighted by Gasteiger charge is 2.12. The molecule has 1 aliphatic rings. The van der Waals surface area contributed by atoms with Gasteiger partial charge in [0.2, 0.25) is 0 Å². The van der Waals surface area contributed by atoms with E-state index in [1.165, 1.54) is 24.3 Å². The van der Waals surface area contributed by atoms with Gasteiger partial charge >= 0.3 is 0 Å². The first-order valence-corrected chi connectivity index (χ1v) is 6.93. The average molecular weight is 250 g/mol. The van der Waals surface area contributed by atoms with E-state index in [0.29, 0.717) is 12.1 Å². The molecule has 0 unspecified atom stereocenters. The minimum absolute atomic E-state index is 0.261. The predicted molar refractivity (Wildman–Crippen MR) is 68.3 cm³/mol. The number of nitriles is 1. The summed E-state index contributed by atoms with van der Waals surface area (Å²) in [5.41, 5.74) is 1.39. The molecule has 0 bridgehead atoms. The van der Waals surface area contributed by atoms with Crippen molar-refractivity contribution >= 4 is 11.8 Å². The second-order valence-electron chi connectivity index (χ2n) is 4.16. The van der Waals surface area contributed by atoms with Crippen LogP contribution in [0.1, 0.15) is 17.5 Å². The van der Waals surface area contributed by atoms with Crippen LogP contribution in [0.4, 0.5) is 4.39 Å². The van der Waals surface area contributed by atoms with Gasteiger partial charge in [-0.2, -0.15) is 17.0 Å². The lowest BCUT2D eigenvalue weighted by molar-refractivity contribution is 0.287. The zero-order valence-corrected chi connectivity index (χ0v) is 10.5. The maximum absolute atomic E-state index is 13.2. The Kier molecular flexibility index (Phi) is 4.41. The van der Waals surface area contributed by atoms with Gasteiger partial charge in [-0.05, 0) is 42.5 Å². The van der Waals surface area contributed by atoms with E-state index in [-0.39, 0.29) is 5.82 Å². The Labute approximate surface area is 105 Å². The van der Waals surface area contributed by atoms with Crippen LogP contribution in [0.3, 0.4) is 0 Å². The minimum Gasteiger partial charge on any atom is -0.298 e. The van der Waals surface area contributed by atoms with Crippen molar-refractivity contribution in [2.24, 2.45) is 0 Å². The summed E-state index contributed by atoms with van der Waals surface area (Å²) in [5.74, 6) is 2.06. The van der Waals surface area contributed by atoms with Crippen LogP contribution in [-0.4, -0.2) is 29.5 Å². The molecule has 0 spiro atoms. The van der Waals surface area contributed by atoms with Crippen LogP contribution in [0.25, 0.3) is 0 Å². The van der Waals surface area contributed by atoms with Gasteiger partial charge in [-0.1, -0.05) is 0 Å². The molecule has 1 fully saturated rings. The molecule has 0 aliphatic carbocycles. The molecule has 2 nitrogen and oxygen atoms in total. The van der Waals surface area contributed by atoms with Gasteiger partial charge in [0.25, 0.3) is 0 Å². The number of halogens is 1. The standard InChI is InChI=1S/C13H15FN2S/c14-13-3-2-11(9-15)12(8-13)10-16-4-1-6-17-7-5-16/h2-3,8H,1,4-7,10H2. The third kappa shape index (κ3) is 3.45. The van der Waals surface area contributed by atoms with Gasteiger partial charge in [-0.15, -0.1) is 0 Å². The summed E-state index contributed by atoms with van der Waals surface area (Å²) < 4.78 is 13.2. The van der Waals surface area contributed by atoms with Crippen LogP contribution in [0.2, 0.25) is 0 Å². The van der Waals surface area contributed by atoms with Crippen molar-refractivity contribution in [3.8, 4) is 6.07 Å². The molecule has 0 amide bonds. The molecule has 0 aromatic heterocycles. The lowest BCUT2D eigenvalue weighted by Crippen LogP contribution is -2.25. The Bertz CT molecular complexity index is 420. The van der Waals surface area contributed by atoms with Crippen LogP contribution >= 0.6 is 11.8 Å². The molecule has 1 aromatic carbocycles. The molecule has 1 heterocycles. The normalized spacial score (nSPS) is 17.4. The van der Waals surface area contributed by atoms with Crippen molar-refractivity contribution in [2.75, 3.05) is 24.6 Å². The molecule has 0 N–H and O–H groups in total. The van der Waals surface area contributed by atoms with Crippen molar-refractivity contribution < 1.29 is 4.39 Å². The highest BCUT2D eigenvalue weighted by molar-refractivity contribution is 7.99. The fraction of sp³-hybridized carbons (Fsp3) is 0.462. The Balaban J connectivity index is 2.11. The molecule has 17 heavy (non-hydrogen) atoms. The van der Waals surface area contributed by atoms with Gasteiger partial charge in [0.05, 0.1) is 11.6 Å². The summed E-state index contributed by atoms with van der Waals surface area (Å²) in [6.45, 7) is 2.74. The maximum atomic E-state index is 13.2. The number of rotatable bonds is 2. The fourth-order valence-corrected chi connectivity index (χ4v) is 2.92. The van der Waals surface area contributed by atoms with Crippen molar-refractivity contribution in [2.45, 2.75) is 13.0 Å². The average Bonchev–Trinajstić information content (AvgIpc) is 2.58. The molecule has 0 saturated carbocycles. The second-order valence-corrected chi connectivity index (χ2v) is 5.38. The van der Waals surface area contributed by atoms with E-state index >= 15 is 0 Å². The zero-order chi connectivity index (χ0) is 12.1. The summed E-state index contributed by atoms with van der Waals surface area (Å²) in [5, 5.41) is 9.00. The molecule has 0 atom stereocenters. The molecule has 90 valence electrons. The second kappa shape index (κ2) is 6.04. The number of thioether (sulfide) groups is 1. The highest BCUT2D eigenvalue weighted by Crippen LogP contribution is 2.16. The number of benzene rings is 1. The fourth-order valence-electron chi connectivity index (χ4n) is 2.00. The quantitative estimate of drug-likeness (QED) is 0.807. The van der Waals surface area contributed by atoms with E-state index < -0.39 is 0 Å². The van der Waals surface area contributed by atoms with E-state index in [1.54, 1.807) is 6.07 Å². The SMILES string of the molecule is N#Cc1ccc(F)cc1CN1CCCSCC1. The van der Waals surface area contributed by atoms with Gasteiger partial charge in [0, 0.05) is 18.8 Å². The third-order valence-electron chi connectivity index (χ3n) is 2.90. The van der Waals surface area contributed by atoms with Gasteiger partial charge in [-0.3, -0.25) is 4.90 Å². The van der Waals surface area contributed by atoms with E-state index in [0.717, 1.165) is 24.4 Å². The van der Waals surface area contributed by atoms with E-state index in [2.05, 4.69) is 11.0 Å². The Morgan fingerprint density at radius 3 is 3.06 bits per heavy atom. The molecule has 1 aliphatic heterocycles. The van der Waals surface area contributed by atoms with Crippen LogP contribution in [0.15, 0.2) is 18.2 Å². The first kappa shape index (κ1) is 12.4. The summed E-state index contributed by atoms with van der Waals surface area (Å²) >= 11 is 1.96. The molecule has 1 aromatic rings. The van der Waals surface area contributed by atoms with E-state index in [9.17, 15) is 4.39 Å². The first-order chi connectivity index (χ1) is 8.29. The van der Waals surface area contributed by atoms with Crippen LogP contribution in [0.5, 0.6) is 0 Å². The van der Waals surface area contributed by atoms with Crippen molar-refractivity contribution in [1.82, 2.24) is 4.90 Å². The first-order valence-electron chi connectivity index (χ1n) is 5.78. The predicted octanol–water partition coefficient (Wildman–Crippen LogP) is 2.64. The molecule has 1 saturated heterocycles. The van der Waals surface area contributed by atoms with E-state index in [4.69, 9.17) is 5.26 Å². The molecule has 0 radical (unpaired) electrons. The zero-order valence-electron chi connectivity index (χ0n) is 9.66. The van der Waals surface area contributed by atoms with Gasteiger partial charge < -0.3 is 0 Å².